The number of hydrogen-bond acceptors (Lipinski definition) is 4. The molecule has 0 unspecified atom stereocenters. The predicted molar refractivity (Wildman–Crippen MR) is 90.9 cm³/mol. The Morgan fingerprint density at radius 2 is 2.35 bits per heavy atom. The molecule has 0 saturated heterocycles. The molecule has 1 aliphatic rings. The third-order valence-electron chi connectivity index (χ3n) is 3.90. The summed E-state index contributed by atoms with van der Waals surface area (Å²) in [5.74, 6) is 0.0348. The summed E-state index contributed by atoms with van der Waals surface area (Å²) >= 11 is 1.56. The Bertz CT molecular complexity index is 726. The van der Waals surface area contributed by atoms with Gasteiger partial charge in [0.25, 0.3) is 5.91 Å². The van der Waals surface area contributed by atoms with Crippen LogP contribution in [0.5, 0.6) is 0 Å². The van der Waals surface area contributed by atoms with E-state index in [1.807, 2.05) is 47.4 Å². The first-order valence-electron chi connectivity index (χ1n) is 7.49. The topological polar surface area (TPSA) is 67.2 Å². The van der Waals surface area contributed by atoms with E-state index >= 15 is 0 Å². The number of nitrogens with one attached hydrogen (secondary N) is 1. The number of amides is 1. The van der Waals surface area contributed by atoms with Crippen LogP contribution in [0.25, 0.3) is 5.69 Å². The molecule has 1 amide bonds. The summed E-state index contributed by atoms with van der Waals surface area (Å²) in [7, 11) is 0. The molecule has 1 heterocycles. The number of imidazole rings is 1. The highest BCUT2D eigenvalue weighted by Gasteiger charge is 2.20. The van der Waals surface area contributed by atoms with Gasteiger partial charge in [-0.3, -0.25) is 9.36 Å². The normalized spacial score (nSPS) is 19.9. The summed E-state index contributed by atoms with van der Waals surface area (Å²) in [5.41, 5.74) is 1.53. The Kier molecular flexibility index (Phi) is 4.83. The highest BCUT2D eigenvalue weighted by molar-refractivity contribution is 7.98. The molecule has 0 fully saturated rings. The summed E-state index contributed by atoms with van der Waals surface area (Å²) in [6.45, 7) is 0.121. The third-order valence-corrected chi connectivity index (χ3v) is 4.57. The number of hydrogen-bond donors (Lipinski definition) is 2. The minimum atomic E-state index is -0.106. The van der Waals surface area contributed by atoms with Gasteiger partial charge in [0.05, 0.1) is 0 Å². The van der Waals surface area contributed by atoms with Gasteiger partial charge < -0.3 is 10.4 Å². The number of aromatic nitrogens is 2. The van der Waals surface area contributed by atoms with E-state index in [0.717, 1.165) is 17.3 Å². The van der Waals surface area contributed by atoms with Crippen LogP contribution < -0.4 is 5.32 Å². The number of aliphatic hydroxyl groups excluding tert-OH is 1. The number of carbonyl (C=O) groups excluding carboxylic acids is 1. The van der Waals surface area contributed by atoms with Crippen molar-refractivity contribution < 1.29 is 9.90 Å². The van der Waals surface area contributed by atoms with Crippen LogP contribution in [-0.4, -0.2) is 39.5 Å². The second-order valence-corrected chi connectivity index (χ2v) is 6.25. The molecule has 120 valence electrons. The molecule has 3 rings (SSSR count). The molecular formula is C17H19N3O2S. The second-order valence-electron chi connectivity index (χ2n) is 5.48. The summed E-state index contributed by atoms with van der Waals surface area (Å²) < 4.78 is 1.96. The van der Waals surface area contributed by atoms with Crippen molar-refractivity contribution in [1.82, 2.24) is 14.9 Å². The number of thioether (sulfide) groups is 1. The quantitative estimate of drug-likeness (QED) is 0.652. The van der Waals surface area contributed by atoms with Crippen LogP contribution in [0.2, 0.25) is 0 Å². The summed E-state index contributed by atoms with van der Waals surface area (Å²) in [5, 5.41) is 13.0. The first kappa shape index (κ1) is 15.8. The number of rotatable bonds is 5. The van der Waals surface area contributed by atoms with E-state index < -0.39 is 0 Å². The zero-order valence-electron chi connectivity index (χ0n) is 12.8. The van der Waals surface area contributed by atoms with Gasteiger partial charge in [0.2, 0.25) is 0 Å². The molecule has 2 N–H and O–H groups in total. The fourth-order valence-electron chi connectivity index (χ4n) is 2.70. The summed E-state index contributed by atoms with van der Waals surface area (Å²) in [6, 6.07) is 7.47. The number of carbonyl (C=O) groups is 1. The molecular weight excluding hydrogens is 310 g/mol. The van der Waals surface area contributed by atoms with Gasteiger partial charge in [-0.2, -0.15) is 0 Å². The lowest BCUT2D eigenvalue weighted by atomic mass is 10.1. The maximum absolute atomic E-state index is 12.4. The molecule has 0 saturated carbocycles. The molecule has 6 heteroatoms. The van der Waals surface area contributed by atoms with Gasteiger partial charge in [0, 0.05) is 42.2 Å². The van der Waals surface area contributed by atoms with E-state index in [9.17, 15) is 4.79 Å². The lowest BCUT2D eigenvalue weighted by Crippen LogP contribution is -2.32. The smallest absolute Gasteiger partial charge is 0.251 e. The van der Waals surface area contributed by atoms with Crippen molar-refractivity contribution in [2.45, 2.75) is 17.6 Å². The van der Waals surface area contributed by atoms with Gasteiger partial charge in [-0.05, 0) is 30.9 Å². The van der Waals surface area contributed by atoms with Crippen molar-refractivity contribution in [1.29, 1.82) is 0 Å². The van der Waals surface area contributed by atoms with Gasteiger partial charge in [-0.1, -0.05) is 30.0 Å². The fraction of sp³-hybridized carbons (Fsp3) is 0.294. The lowest BCUT2D eigenvalue weighted by Gasteiger charge is -2.13. The Balaban J connectivity index is 1.75. The SMILES string of the molecule is CSc1nccn1-c1cccc(C(=O)N[C@@H]2C=C[C@H](CO)C2)c1. The van der Waals surface area contributed by atoms with Crippen LogP contribution in [0.15, 0.2) is 54.0 Å². The van der Waals surface area contributed by atoms with E-state index in [1.54, 1.807) is 24.0 Å². The third kappa shape index (κ3) is 3.48. The zero-order chi connectivity index (χ0) is 16.2. The van der Waals surface area contributed by atoms with Crippen LogP contribution in [-0.2, 0) is 0 Å². The van der Waals surface area contributed by atoms with Crippen LogP contribution in [0.3, 0.4) is 0 Å². The number of nitrogens with zero attached hydrogens (tertiary/aromatic N) is 2. The van der Waals surface area contributed by atoms with Crippen molar-refractivity contribution in [2.24, 2.45) is 5.92 Å². The molecule has 1 aliphatic carbocycles. The van der Waals surface area contributed by atoms with Crippen molar-refractivity contribution in [2.75, 3.05) is 12.9 Å². The largest absolute Gasteiger partial charge is 0.396 e. The van der Waals surface area contributed by atoms with Gasteiger partial charge >= 0.3 is 0 Å². The number of benzene rings is 1. The van der Waals surface area contributed by atoms with Crippen LogP contribution in [0.1, 0.15) is 16.8 Å². The van der Waals surface area contributed by atoms with E-state index in [4.69, 9.17) is 5.11 Å². The zero-order valence-corrected chi connectivity index (χ0v) is 13.7. The van der Waals surface area contributed by atoms with E-state index in [-0.39, 0.29) is 24.5 Å². The van der Waals surface area contributed by atoms with E-state index in [0.29, 0.717) is 5.56 Å². The van der Waals surface area contributed by atoms with Gasteiger partial charge in [-0.15, -0.1) is 0 Å². The molecule has 1 aromatic heterocycles. The Hall–Kier alpha value is -2.05. The standard InChI is InChI=1S/C17H19N3O2S/c1-23-17-18-7-8-20(17)15-4-2-3-13(10-15)16(22)19-14-6-5-12(9-14)11-21/h2-8,10,12,14,21H,9,11H2,1H3,(H,19,22)/t12-,14+/m0/s1. The molecule has 2 atom stereocenters. The van der Waals surface area contributed by atoms with E-state index in [1.165, 1.54) is 0 Å². The predicted octanol–water partition coefficient (Wildman–Crippen LogP) is 2.26. The Morgan fingerprint density at radius 3 is 3.09 bits per heavy atom. The van der Waals surface area contributed by atoms with Crippen molar-refractivity contribution in [3.8, 4) is 5.69 Å². The van der Waals surface area contributed by atoms with Crippen molar-refractivity contribution >= 4 is 17.7 Å². The first-order valence-corrected chi connectivity index (χ1v) is 8.71. The molecule has 5 nitrogen and oxygen atoms in total. The van der Waals surface area contributed by atoms with Crippen LogP contribution in [0.4, 0.5) is 0 Å². The molecule has 1 aromatic carbocycles. The molecule has 2 aromatic rings. The maximum Gasteiger partial charge on any atom is 0.251 e. The minimum absolute atomic E-state index is 0.0155. The summed E-state index contributed by atoms with van der Waals surface area (Å²) in [6.07, 6.45) is 10.3. The average Bonchev–Trinajstić information content (AvgIpc) is 3.23. The average molecular weight is 329 g/mol. The van der Waals surface area contributed by atoms with E-state index in [2.05, 4.69) is 10.3 Å². The molecule has 0 bridgehead atoms. The molecule has 0 spiro atoms. The van der Waals surface area contributed by atoms with Gasteiger partial charge in [0.15, 0.2) is 5.16 Å². The van der Waals surface area contributed by atoms with Crippen LogP contribution >= 0.6 is 11.8 Å². The maximum atomic E-state index is 12.4. The monoisotopic (exact) mass is 329 g/mol. The van der Waals surface area contributed by atoms with Crippen molar-refractivity contribution in [3.05, 3.63) is 54.4 Å². The number of aliphatic hydroxyl groups is 1. The van der Waals surface area contributed by atoms with Crippen molar-refractivity contribution in [3.63, 3.8) is 0 Å². The van der Waals surface area contributed by atoms with Crippen LogP contribution in [0, 0.1) is 5.92 Å². The first-order chi connectivity index (χ1) is 11.2. The Morgan fingerprint density at radius 1 is 1.48 bits per heavy atom. The highest BCUT2D eigenvalue weighted by Crippen LogP contribution is 2.20. The fourth-order valence-corrected chi connectivity index (χ4v) is 3.23. The highest BCUT2D eigenvalue weighted by atomic mass is 32.2. The second kappa shape index (κ2) is 7.02. The van der Waals surface area contributed by atoms with Gasteiger partial charge in [0.1, 0.15) is 0 Å². The Labute approximate surface area is 139 Å². The summed E-state index contributed by atoms with van der Waals surface area (Å²) in [4.78, 5) is 16.7. The molecule has 0 aliphatic heterocycles. The minimum Gasteiger partial charge on any atom is -0.396 e. The van der Waals surface area contributed by atoms with Gasteiger partial charge in [-0.25, -0.2) is 4.98 Å². The molecule has 23 heavy (non-hydrogen) atoms. The lowest BCUT2D eigenvalue weighted by molar-refractivity contribution is 0.0941. The molecule has 0 radical (unpaired) electrons.